The van der Waals surface area contributed by atoms with Gasteiger partial charge in [-0.15, -0.1) is 0 Å². The lowest BCUT2D eigenvalue weighted by atomic mass is 9.84. The summed E-state index contributed by atoms with van der Waals surface area (Å²) in [5, 5.41) is 0. The first-order valence-corrected chi connectivity index (χ1v) is 5.61. The van der Waals surface area contributed by atoms with Crippen molar-refractivity contribution >= 4 is 5.95 Å². The van der Waals surface area contributed by atoms with Gasteiger partial charge in [0, 0.05) is 25.0 Å². The van der Waals surface area contributed by atoms with Gasteiger partial charge in [0.25, 0.3) is 0 Å². The summed E-state index contributed by atoms with van der Waals surface area (Å²) in [6.07, 6.45) is 4.39. The van der Waals surface area contributed by atoms with E-state index in [1.54, 1.807) is 0 Å². The van der Waals surface area contributed by atoms with E-state index in [1.165, 1.54) is 12.8 Å². The number of nitrogens with zero attached hydrogens (tertiary/aromatic N) is 3. The van der Waals surface area contributed by atoms with Gasteiger partial charge in [-0.2, -0.15) is 0 Å². The third kappa shape index (κ3) is 2.46. The maximum absolute atomic E-state index is 4.48. The lowest BCUT2D eigenvalue weighted by Crippen LogP contribution is -2.41. The molecule has 3 nitrogen and oxygen atoms in total. The van der Waals surface area contributed by atoms with Crippen molar-refractivity contribution in [1.82, 2.24) is 9.97 Å². The fourth-order valence-corrected chi connectivity index (χ4v) is 2.18. The van der Waals surface area contributed by atoms with E-state index < -0.39 is 0 Å². The molecule has 0 unspecified atom stereocenters. The maximum atomic E-state index is 4.48. The van der Waals surface area contributed by atoms with Gasteiger partial charge in [-0.05, 0) is 31.2 Å². The molecule has 15 heavy (non-hydrogen) atoms. The van der Waals surface area contributed by atoms with Crippen LogP contribution >= 0.6 is 0 Å². The van der Waals surface area contributed by atoms with E-state index in [9.17, 15) is 0 Å². The van der Waals surface area contributed by atoms with Crippen molar-refractivity contribution in [2.45, 2.75) is 33.6 Å². The Bertz CT molecular complexity index is 346. The molecule has 1 saturated heterocycles. The SMILES string of the molecule is Cc1ccnc(N2CCCC(C)(C)C2)n1. The van der Waals surface area contributed by atoms with Crippen LogP contribution in [0.5, 0.6) is 0 Å². The molecule has 82 valence electrons. The second-order valence-corrected chi connectivity index (χ2v) is 5.19. The zero-order valence-corrected chi connectivity index (χ0v) is 9.82. The van der Waals surface area contributed by atoms with E-state index in [4.69, 9.17) is 0 Å². The Labute approximate surface area is 91.5 Å². The summed E-state index contributed by atoms with van der Waals surface area (Å²) in [7, 11) is 0. The smallest absolute Gasteiger partial charge is 0.225 e. The van der Waals surface area contributed by atoms with E-state index in [-0.39, 0.29) is 0 Å². The number of piperidine rings is 1. The molecule has 2 rings (SSSR count). The van der Waals surface area contributed by atoms with Gasteiger partial charge in [-0.1, -0.05) is 13.8 Å². The van der Waals surface area contributed by atoms with Crippen LogP contribution in [0, 0.1) is 12.3 Å². The molecule has 0 atom stereocenters. The van der Waals surface area contributed by atoms with Crippen molar-refractivity contribution in [2.24, 2.45) is 5.41 Å². The number of aromatic nitrogens is 2. The van der Waals surface area contributed by atoms with Gasteiger partial charge in [0.05, 0.1) is 0 Å². The Balaban J connectivity index is 2.17. The molecule has 0 bridgehead atoms. The normalized spacial score (nSPS) is 20.3. The molecule has 2 heterocycles. The molecule has 0 aliphatic carbocycles. The number of hydrogen-bond acceptors (Lipinski definition) is 3. The van der Waals surface area contributed by atoms with Crippen LogP contribution < -0.4 is 4.90 Å². The van der Waals surface area contributed by atoms with Crippen molar-refractivity contribution in [3.05, 3.63) is 18.0 Å². The molecule has 3 heteroatoms. The maximum Gasteiger partial charge on any atom is 0.225 e. The predicted molar refractivity (Wildman–Crippen MR) is 62.0 cm³/mol. The van der Waals surface area contributed by atoms with Crippen LogP contribution in [0.4, 0.5) is 5.95 Å². The van der Waals surface area contributed by atoms with Crippen molar-refractivity contribution in [3.8, 4) is 0 Å². The average Bonchev–Trinajstić information content (AvgIpc) is 2.16. The molecule has 0 saturated carbocycles. The van der Waals surface area contributed by atoms with Crippen molar-refractivity contribution in [2.75, 3.05) is 18.0 Å². The first-order valence-electron chi connectivity index (χ1n) is 5.61. The monoisotopic (exact) mass is 205 g/mol. The highest BCUT2D eigenvalue weighted by atomic mass is 15.3. The van der Waals surface area contributed by atoms with Gasteiger partial charge in [0.15, 0.2) is 0 Å². The number of rotatable bonds is 1. The zero-order valence-electron chi connectivity index (χ0n) is 9.82. The topological polar surface area (TPSA) is 29.0 Å². The standard InChI is InChI=1S/C12H19N3/c1-10-5-7-13-11(14-10)15-8-4-6-12(2,3)9-15/h5,7H,4,6,8-9H2,1-3H3. The van der Waals surface area contributed by atoms with Crippen LogP contribution in [0.25, 0.3) is 0 Å². The lowest BCUT2D eigenvalue weighted by molar-refractivity contribution is 0.291. The Hall–Kier alpha value is -1.12. The van der Waals surface area contributed by atoms with Crippen LogP contribution in [0.15, 0.2) is 12.3 Å². The van der Waals surface area contributed by atoms with Crippen LogP contribution in [0.2, 0.25) is 0 Å². The number of anilines is 1. The van der Waals surface area contributed by atoms with Crippen LogP contribution in [0.1, 0.15) is 32.4 Å². The number of hydrogen-bond donors (Lipinski definition) is 0. The second-order valence-electron chi connectivity index (χ2n) is 5.19. The third-order valence-corrected chi connectivity index (χ3v) is 2.97. The minimum absolute atomic E-state index is 0.394. The molecule has 1 fully saturated rings. The zero-order chi connectivity index (χ0) is 10.9. The molecule has 0 aromatic carbocycles. The Kier molecular flexibility index (Phi) is 2.63. The van der Waals surface area contributed by atoms with E-state index >= 15 is 0 Å². The van der Waals surface area contributed by atoms with Gasteiger partial charge in [-0.3, -0.25) is 0 Å². The van der Waals surface area contributed by atoms with Crippen LogP contribution in [-0.2, 0) is 0 Å². The van der Waals surface area contributed by atoms with E-state index in [1.807, 2.05) is 19.2 Å². The van der Waals surface area contributed by atoms with Crippen LogP contribution in [-0.4, -0.2) is 23.1 Å². The van der Waals surface area contributed by atoms with Crippen molar-refractivity contribution < 1.29 is 0 Å². The average molecular weight is 205 g/mol. The molecule has 0 N–H and O–H groups in total. The minimum atomic E-state index is 0.394. The molecular weight excluding hydrogens is 186 g/mol. The van der Waals surface area contributed by atoms with E-state index in [0.29, 0.717) is 5.41 Å². The quantitative estimate of drug-likeness (QED) is 0.705. The predicted octanol–water partition coefficient (Wildman–Crippen LogP) is 2.41. The summed E-state index contributed by atoms with van der Waals surface area (Å²) < 4.78 is 0. The van der Waals surface area contributed by atoms with E-state index in [0.717, 1.165) is 24.7 Å². The molecule has 1 aromatic heterocycles. The Morgan fingerprint density at radius 2 is 2.20 bits per heavy atom. The summed E-state index contributed by atoms with van der Waals surface area (Å²) in [4.78, 5) is 11.1. The Morgan fingerprint density at radius 3 is 2.87 bits per heavy atom. The van der Waals surface area contributed by atoms with Crippen molar-refractivity contribution in [3.63, 3.8) is 0 Å². The van der Waals surface area contributed by atoms with Gasteiger partial charge in [0.1, 0.15) is 0 Å². The van der Waals surface area contributed by atoms with E-state index in [2.05, 4.69) is 28.7 Å². The fourth-order valence-electron chi connectivity index (χ4n) is 2.18. The molecule has 0 spiro atoms. The molecule has 1 aliphatic heterocycles. The highest BCUT2D eigenvalue weighted by molar-refractivity contribution is 5.31. The third-order valence-electron chi connectivity index (χ3n) is 2.97. The van der Waals surface area contributed by atoms with Gasteiger partial charge < -0.3 is 4.90 Å². The molecule has 0 amide bonds. The summed E-state index contributed by atoms with van der Waals surface area (Å²) in [6, 6.07) is 1.94. The summed E-state index contributed by atoms with van der Waals surface area (Å²) in [6.45, 7) is 8.80. The molecular formula is C12H19N3. The summed E-state index contributed by atoms with van der Waals surface area (Å²) >= 11 is 0. The molecule has 1 aromatic rings. The minimum Gasteiger partial charge on any atom is -0.340 e. The van der Waals surface area contributed by atoms with Crippen LogP contribution in [0.3, 0.4) is 0 Å². The highest BCUT2D eigenvalue weighted by Crippen LogP contribution is 2.29. The molecule has 0 radical (unpaired) electrons. The first kappa shape index (κ1) is 10.4. The van der Waals surface area contributed by atoms with Crippen molar-refractivity contribution in [1.29, 1.82) is 0 Å². The molecule has 1 aliphatic rings. The highest BCUT2D eigenvalue weighted by Gasteiger charge is 2.27. The number of aryl methyl sites for hydroxylation is 1. The second kappa shape index (κ2) is 3.80. The first-order chi connectivity index (χ1) is 7.07. The van der Waals surface area contributed by atoms with Gasteiger partial charge >= 0.3 is 0 Å². The Morgan fingerprint density at radius 1 is 1.40 bits per heavy atom. The summed E-state index contributed by atoms with van der Waals surface area (Å²) in [5.41, 5.74) is 1.44. The lowest BCUT2D eigenvalue weighted by Gasteiger charge is -2.38. The largest absolute Gasteiger partial charge is 0.340 e. The van der Waals surface area contributed by atoms with Gasteiger partial charge in [-0.25, -0.2) is 9.97 Å². The van der Waals surface area contributed by atoms with Gasteiger partial charge in [0.2, 0.25) is 5.95 Å². The summed E-state index contributed by atoms with van der Waals surface area (Å²) in [5.74, 6) is 0.891. The fraction of sp³-hybridized carbons (Fsp3) is 0.667.